The third-order valence-corrected chi connectivity index (χ3v) is 11.6. The van der Waals surface area contributed by atoms with E-state index in [0.29, 0.717) is 18.9 Å². The lowest BCUT2D eigenvalue weighted by atomic mass is 9.63. The van der Waals surface area contributed by atoms with Gasteiger partial charge in [-0.25, -0.2) is 0 Å². The number of para-hydroxylation sites is 1. The van der Waals surface area contributed by atoms with Crippen molar-refractivity contribution < 1.29 is 9.59 Å². The van der Waals surface area contributed by atoms with Crippen molar-refractivity contribution in [2.45, 2.75) is 111 Å². The zero-order chi connectivity index (χ0) is 32.7. The summed E-state index contributed by atoms with van der Waals surface area (Å²) < 4.78 is 2.38. The van der Waals surface area contributed by atoms with Gasteiger partial charge in [0, 0.05) is 71.0 Å². The lowest BCUT2D eigenvalue weighted by Gasteiger charge is -2.52. The monoisotopic (exact) mass is 624 g/mol. The molecule has 1 aliphatic heterocycles. The molecule has 0 N–H and O–H groups in total. The van der Waals surface area contributed by atoms with Crippen LogP contribution < -0.4 is 0 Å². The van der Waals surface area contributed by atoms with Crippen molar-refractivity contribution in [1.29, 1.82) is 0 Å². The van der Waals surface area contributed by atoms with Crippen LogP contribution in [0.3, 0.4) is 0 Å². The fraction of sp³-hybridized carbons (Fsp3) is 0.442. The maximum absolute atomic E-state index is 14.6. The molecule has 4 aliphatic rings. The molecular weight excluding hydrogens is 576 g/mol. The van der Waals surface area contributed by atoms with Crippen molar-refractivity contribution in [3.63, 3.8) is 0 Å². The molecule has 0 spiro atoms. The first-order valence-electron chi connectivity index (χ1n) is 17.9. The SMILES string of the molecule is Cc1ccc2ccccc2c1Cn1cc(C2C3=C(CC(C)(C)CC3=O)N(C3CCCCC3)C3=C2C(=O)CC(C)(C)C3)c2ccccc21. The van der Waals surface area contributed by atoms with E-state index in [-0.39, 0.29) is 28.3 Å². The van der Waals surface area contributed by atoms with Gasteiger partial charge in [-0.3, -0.25) is 9.59 Å². The summed E-state index contributed by atoms with van der Waals surface area (Å²) in [5.41, 5.74) is 8.88. The molecule has 1 fully saturated rings. The standard InChI is InChI=1S/C43H48N2O2/c1-27-19-20-28-13-9-10-16-30(28)32(27)25-44-26-33(31-17-11-12-18-34(31)44)39-40-35(21-42(2,3)23-37(40)46)45(29-14-7-6-8-15-29)36-22-43(4,5)24-38(47)41(36)39/h9-13,16-20,26,29,39H,6-8,14-15,21-25H2,1-5H3. The van der Waals surface area contributed by atoms with Gasteiger partial charge >= 0.3 is 0 Å². The number of fused-ring (bicyclic) bond motifs is 2. The number of ketones is 2. The molecule has 242 valence electrons. The number of hydrogen-bond acceptors (Lipinski definition) is 3. The molecule has 0 atom stereocenters. The van der Waals surface area contributed by atoms with E-state index in [1.807, 2.05) is 0 Å². The van der Waals surface area contributed by atoms with Crippen molar-refractivity contribution in [2.75, 3.05) is 0 Å². The fourth-order valence-electron chi connectivity index (χ4n) is 9.55. The molecular formula is C43H48N2O2. The zero-order valence-corrected chi connectivity index (χ0v) is 28.8. The van der Waals surface area contributed by atoms with E-state index in [1.165, 1.54) is 52.6 Å². The van der Waals surface area contributed by atoms with Gasteiger partial charge in [0.05, 0.1) is 0 Å². The molecule has 3 aliphatic carbocycles. The zero-order valence-electron chi connectivity index (χ0n) is 28.8. The highest BCUT2D eigenvalue weighted by Gasteiger charge is 2.50. The molecule has 0 bridgehead atoms. The van der Waals surface area contributed by atoms with Crippen LogP contribution in [-0.4, -0.2) is 27.1 Å². The number of Topliss-reactive ketones (excluding diaryl/α,β-unsaturated/α-hetero) is 2. The van der Waals surface area contributed by atoms with Crippen LogP contribution in [0.15, 0.2) is 89.4 Å². The van der Waals surface area contributed by atoms with Crippen LogP contribution in [0.4, 0.5) is 0 Å². The summed E-state index contributed by atoms with van der Waals surface area (Å²) in [6, 6.07) is 22.1. The molecule has 0 radical (unpaired) electrons. The predicted octanol–water partition coefficient (Wildman–Crippen LogP) is 10.2. The van der Waals surface area contributed by atoms with Gasteiger partial charge in [-0.15, -0.1) is 0 Å². The van der Waals surface area contributed by atoms with E-state index in [2.05, 4.69) is 111 Å². The van der Waals surface area contributed by atoms with E-state index >= 15 is 0 Å². The van der Waals surface area contributed by atoms with Gasteiger partial charge in [-0.2, -0.15) is 0 Å². The quantitative estimate of drug-likeness (QED) is 0.227. The van der Waals surface area contributed by atoms with Gasteiger partial charge in [0.1, 0.15) is 0 Å². The Balaban J connectivity index is 1.37. The van der Waals surface area contributed by atoms with Crippen molar-refractivity contribution in [3.05, 3.63) is 106 Å². The molecule has 3 aromatic carbocycles. The molecule has 1 saturated carbocycles. The maximum atomic E-state index is 14.6. The Bertz CT molecular complexity index is 1960. The molecule has 0 amide bonds. The fourth-order valence-corrected chi connectivity index (χ4v) is 9.55. The minimum atomic E-state index is -0.327. The van der Waals surface area contributed by atoms with Gasteiger partial charge in [-0.1, -0.05) is 102 Å². The first-order valence-corrected chi connectivity index (χ1v) is 17.9. The van der Waals surface area contributed by atoms with Crippen molar-refractivity contribution in [1.82, 2.24) is 9.47 Å². The van der Waals surface area contributed by atoms with E-state index < -0.39 is 0 Å². The lowest BCUT2D eigenvalue weighted by molar-refractivity contribution is -0.119. The summed E-state index contributed by atoms with van der Waals surface area (Å²) in [5.74, 6) is 0.132. The molecule has 0 saturated heterocycles. The summed E-state index contributed by atoms with van der Waals surface area (Å²) in [6.07, 6.45) is 11.1. The normalized spacial score (nSPS) is 21.9. The average Bonchev–Trinajstić information content (AvgIpc) is 3.38. The van der Waals surface area contributed by atoms with Crippen LogP contribution in [0.5, 0.6) is 0 Å². The van der Waals surface area contributed by atoms with Crippen LogP contribution in [0.25, 0.3) is 21.7 Å². The lowest BCUT2D eigenvalue weighted by Crippen LogP contribution is -2.48. The van der Waals surface area contributed by atoms with Gasteiger partial charge in [0.25, 0.3) is 0 Å². The highest BCUT2D eigenvalue weighted by atomic mass is 16.1. The molecule has 1 aromatic heterocycles. The Morgan fingerprint density at radius 2 is 1.30 bits per heavy atom. The van der Waals surface area contributed by atoms with E-state index in [1.54, 1.807) is 0 Å². The van der Waals surface area contributed by atoms with E-state index in [9.17, 15) is 9.59 Å². The topological polar surface area (TPSA) is 42.3 Å². The van der Waals surface area contributed by atoms with E-state index in [0.717, 1.165) is 59.8 Å². The summed E-state index contributed by atoms with van der Waals surface area (Å²) in [7, 11) is 0. The average molecular weight is 625 g/mol. The second kappa shape index (κ2) is 11.1. The third-order valence-electron chi connectivity index (χ3n) is 11.6. The number of aryl methyl sites for hydroxylation is 1. The molecule has 47 heavy (non-hydrogen) atoms. The number of nitrogens with zero attached hydrogens (tertiary/aromatic N) is 2. The van der Waals surface area contributed by atoms with Crippen LogP contribution in [0, 0.1) is 17.8 Å². The Labute approximate surface area is 279 Å². The van der Waals surface area contributed by atoms with Crippen LogP contribution in [0.2, 0.25) is 0 Å². The van der Waals surface area contributed by atoms with Gasteiger partial charge in [-0.05, 0) is 77.0 Å². The largest absolute Gasteiger partial charge is 0.345 e. The van der Waals surface area contributed by atoms with Crippen molar-refractivity contribution in [3.8, 4) is 0 Å². The summed E-state index contributed by atoms with van der Waals surface area (Å²) in [5, 5.41) is 3.67. The number of hydrogen-bond donors (Lipinski definition) is 0. The number of rotatable bonds is 4. The Morgan fingerprint density at radius 3 is 1.96 bits per heavy atom. The first-order chi connectivity index (χ1) is 22.5. The maximum Gasteiger partial charge on any atom is 0.162 e. The highest BCUT2D eigenvalue weighted by Crippen LogP contribution is 2.56. The highest BCUT2D eigenvalue weighted by molar-refractivity contribution is 6.08. The molecule has 4 aromatic rings. The Morgan fingerprint density at radius 1 is 0.702 bits per heavy atom. The number of aromatic nitrogens is 1. The summed E-state index contributed by atoms with van der Waals surface area (Å²) >= 11 is 0. The number of carbonyl (C=O) groups excluding carboxylic acids is 2. The van der Waals surface area contributed by atoms with Crippen LogP contribution in [-0.2, 0) is 16.1 Å². The van der Waals surface area contributed by atoms with Gasteiger partial charge < -0.3 is 9.47 Å². The number of carbonyl (C=O) groups is 2. The molecule has 4 nitrogen and oxygen atoms in total. The first kappa shape index (κ1) is 30.4. The molecule has 2 heterocycles. The predicted molar refractivity (Wildman–Crippen MR) is 191 cm³/mol. The molecule has 8 rings (SSSR count). The Hall–Kier alpha value is -3.92. The third kappa shape index (κ3) is 5.10. The van der Waals surface area contributed by atoms with Gasteiger partial charge in [0.15, 0.2) is 11.6 Å². The summed E-state index contributed by atoms with van der Waals surface area (Å²) in [6.45, 7) is 11.9. The van der Waals surface area contributed by atoms with Gasteiger partial charge in [0.2, 0.25) is 0 Å². The summed E-state index contributed by atoms with van der Waals surface area (Å²) in [4.78, 5) is 31.7. The van der Waals surface area contributed by atoms with Crippen LogP contribution in [0.1, 0.15) is 108 Å². The second-order valence-corrected chi connectivity index (χ2v) is 16.5. The van der Waals surface area contributed by atoms with Crippen molar-refractivity contribution in [2.24, 2.45) is 10.8 Å². The Kier molecular flexibility index (Phi) is 7.17. The molecule has 0 unspecified atom stereocenters. The minimum absolute atomic E-state index is 0.112. The van der Waals surface area contributed by atoms with Crippen molar-refractivity contribution >= 4 is 33.2 Å². The number of allylic oxidation sites excluding steroid dienone is 4. The second-order valence-electron chi connectivity index (χ2n) is 16.5. The smallest absolute Gasteiger partial charge is 0.162 e. The van der Waals surface area contributed by atoms with Crippen LogP contribution >= 0.6 is 0 Å². The van der Waals surface area contributed by atoms with E-state index in [4.69, 9.17) is 0 Å². The number of benzene rings is 3. The molecule has 4 heteroatoms. The minimum Gasteiger partial charge on any atom is -0.345 e.